The Bertz CT molecular complexity index is 101. The lowest BCUT2D eigenvalue weighted by molar-refractivity contribution is 0.00345. The van der Waals surface area contributed by atoms with Crippen molar-refractivity contribution in [3.05, 3.63) is 0 Å². The Labute approximate surface area is 68.3 Å². The van der Waals surface area contributed by atoms with Gasteiger partial charge in [-0.2, -0.15) is 0 Å². The predicted molar refractivity (Wildman–Crippen MR) is 44.6 cm³/mol. The number of nitrogens with one attached hydrogen (secondary N) is 1. The molecule has 2 nitrogen and oxygen atoms in total. The van der Waals surface area contributed by atoms with Crippen LogP contribution in [0.15, 0.2) is 0 Å². The summed E-state index contributed by atoms with van der Waals surface area (Å²) in [4.78, 5) is 0. The molecule has 0 aromatic rings. The SMILES string of the molecule is C1CCC(O[C@H]2CCNC2)C1. The molecule has 0 aromatic heterocycles. The zero-order valence-corrected chi connectivity index (χ0v) is 7.01. The van der Waals surface area contributed by atoms with Crippen LogP contribution in [0.1, 0.15) is 32.1 Å². The second-order valence-corrected chi connectivity index (χ2v) is 3.66. The molecule has 0 unspecified atom stereocenters. The van der Waals surface area contributed by atoms with E-state index in [4.69, 9.17) is 4.74 Å². The zero-order chi connectivity index (χ0) is 7.52. The number of hydrogen-bond donors (Lipinski definition) is 1. The molecule has 2 aliphatic rings. The van der Waals surface area contributed by atoms with Gasteiger partial charge in [-0.3, -0.25) is 0 Å². The molecule has 0 radical (unpaired) electrons. The fourth-order valence-corrected chi connectivity index (χ4v) is 2.04. The van der Waals surface area contributed by atoms with Gasteiger partial charge in [0.15, 0.2) is 0 Å². The van der Waals surface area contributed by atoms with Crippen LogP contribution >= 0.6 is 0 Å². The van der Waals surface area contributed by atoms with Gasteiger partial charge in [0.2, 0.25) is 0 Å². The molecule has 0 aromatic carbocycles. The van der Waals surface area contributed by atoms with E-state index in [1.54, 1.807) is 0 Å². The maximum absolute atomic E-state index is 5.91. The van der Waals surface area contributed by atoms with Crippen molar-refractivity contribution in [1.29, 1.82) is 0 Å². The first-order valence-corrected chi connectivity index (χ1v) is 4.81. The Kier molecular flexibility index (Phi) is 2.44. The topological polar surface area (TPSA) is 21.3 Å². The number of hydrogen-bond acceptors (Lipinski definition) is 2. The lowest BCUT2D eigenvalue weighted by atomic mass is 10.2. The van der Waals surface area contributed by atoms with E-state index >= 15 is 0 Å². The van der Waals surface area contributed by atoms with Crippen LogP contribution in [0.4, 0.5) is 0 Å². The van der Waals surface area contributed by atoms with Crippen molar-refractivity contribution in [2.24, 2.45) is 0 Å². The summed E-state index contributed by atoms with van der Waals surface area (Å²) < 4.78 is 5.91. The van der Waals surface area contributed by atoms with E-state index in [1.807, 2.05) is 0 Å². The van der Waals surface area contributed by atoms with E-state index < -0.39 is 0 Å². The second-order valence-electron chi connectivity index (χ2n) is 3.66. The van der Waals surface area contributed by atoms with Crippen molar-refractivity contribution < 1.29 is 4.74 Å². The molecule has 0 spiro atoms. The van der Waals surface area contributed by atoms with Crippen LogP contribution in [0.25, 0.3) is 0 Å². The van der Waals surface area contributed by atoms with Gasteiger partial charge in [0, 0.05) is 6.54 Å². The molecule has 0 bridgehead atoms. The van der Waals surface area contributed by atoms with E-state index in [2.05, 4.69) is 5.32 Å². The van der Waals surface area contributed by atoms with Crippen molar-refractivity contribution in [1.82, 2.24) is 5.32 Å². The summed E-state index contributed by atoms with van der Waals surface area (Å²) in [6.07, 6.45) is 7.71. The fourth-order valence-electron chi connectivity index (χ4n) is 2.04. The van der Waals surface area contributed by atoms with E-state index in [0.29, 0.717) is 12.2 Å². The molecule has 0 amide bonds. The molecular weight excluding hydrogens is 138 g/mol. The minimum Gasteiger partial charge on any atom is -0.374 e. The average Bonchev–Trinajstić information content (AvgIpc) is 2.60. The van der Waals surface area contributed by atoms with Crippen LogP contribution in [0.5, 0.6) is 0 Å². The van der Waals surface area contributed by atoms with Gasteiger partial charge in [0.1, 0.15) is 0 Å². The standard InChI is InChI=1S/C9H17NO/c1-2-4-8(3-1)11-9-5-6-10-7-9/h8-10H,1-7H2/t9-/m0/s1. The maximum Gasteiger partial charge on any atom is 0.0715 e. The highest BCUT2D eigenvalue weighted by atomic mass is 16.5. The number of ether oxygens (including phenoxy) is 1. The van der Waals surface area contributed by atoms with Crippen molar-refractivity contribution in [3.63, 3.8) is 0 Å². The van der Waals surface area contributed by atoms with Gasteiger partial charge in [-0.25, -0.2) is 0 Å². The average molecular weight is 155 g/mol. The first-order valence-electron chi connectivity index (χ1n) is 4.81. The van der Waals surface area contributed by atoms with E-state index in [-0.39, 0.29) is 0 Å². The minimum absolute atomic E-state index is 0.526. The predicted octanol–water partition coefficient (Wildman–Crippen LogP) is 1.31. The normalized spacial score (nSPS) is 33.3. The van der Waals surface area contributed by atoms with Gasteiger partial charge >= 0.3 is 0 Å². The lowest BCUT2D eigenvalue weighted by Gasteiger charge is -2.16. The van der Waals surface area contributed by atoms with Crippen molar-refractivity contribution in [2.75, 3.05) is 13.1 Å². The summed E-state index contributed by atoms with van der Waals surface area (Å²) in [5, 5.41) is 3.32. The fraction of sp³-hybridized carbons (Fsp3) is 1.00. The molecule has 1 aliphatic carbocycles. The molecule has 1 saturated carbocycles. The summed E-state index contributed by atoms with van der Waals surface area (Å²) in [5.41, 5.74) is 0. The maximum atomic E-state index is 5.91. The molecule has 1 N–H and O–H groups in total. The second kappa shape index (κ2) is 3.55. The lowest BCUT2D eigenvalue weighted by Crippen LogP contribution is -2.22. The van der Waals surface area contributed by atoms with E-state index in [9.17, 15) is 0 Å². The molecule has 1 aliphatic heterocycles. The molecule has 2 heteroatoms. The Morgan fingerprint density at radius 2 is 1.82 bits per heavy atom. The minimum atomic E-state index is 0.526. The van der Waals surface area contributed by atoms with Crippen molar-refractivity contribution in [3.8, 4) is 0 Å². The summed E-state index contributed by atoms with van der Waals surface area (Å²) in [7, 11) is 0. The number of rotatable bonds is 2. The molecule has 2 rings (SSSR count). The highest BCUT2D eigenvalue weighted by molar-refractivity contribution is 4.75. The highest BCUT2D eigenvalue weighted by Crippen LogP contribution is 2.23. The highest BCUT2D eigenvalue weighted by Gasteiger charge is 2.22. The monoisotopic (exact) mass is 155 g/mol. The van der Waals surface area contributed by atoms with E-state index in [0.717, 1.165) is 13.1 Å². The molecular formula is C9H17NO. The summed E-state index contributed by atoms with van der Waals surface area (Å²) in [5.74, 6) is 0. The van der Waals surface area contributed by atoms with Crippen LogP contribution in [-0.2, 0) is 4.74 Å². The Morgan fingerprint density at radius 1 is 1.00 bits per heavy atom. The van der Waals surface area contributed by atoms with Gasteiger partial charge < -0.3 is 10.1 Å². The van der Waals surface area contributed by atoms with Gasteiger partial charge in [-0.1, -0.05) is 12.8 Å². The molecule has 1 saturated heterocycles. The van der Waals surface area contributed by atoms with E-state index in [1.165, 1.54) is 32.1 Å². The Balaban J connectivity index is 1.71. The zero-order valence-electron chi connectivity index (χ0n) is 7.01. The van der Waals surface area contributed by atoms with Gasteiger partial charge in [0.05, 0.1) is 12.2 Å². The van der Waals surface area contributed by atoms with Crippen LogP contribution in [0.3, 0.4) is 0 Å². The Hall–Kier alpha value is -0.0800. The smallest absolute Gasteiger partial charge is 0.0715 e. The quantitative estimate of drug-likeness (QED) is 0.649. The first kappa shape index (κ1) is 7.56. The first-order chi connectivity index (χ1) is 5.45. The van der Waals surface area contributed by atoms with Gasteiger partial charge in [-0.15, -0.1) is 0 Å². The van der Waals surface area contributed by atoms with Gasteiger partial charge in [0.25, 0.3) is 0 Å². The van der Waals surface area contributed by atoms with Crippen LogP contribution in [-0.4, -0.2) is 25.3 Å². The van der Waals surface area contributed by atoms with Crippen LogP contribution in [0, 0.1) is 0 Å². The molecule has 1 atom stereocenters. The van der Waals surface area contributed by atoms with Crippen LogP contribution in [0.2, 0.25) is 0 Å². The largest absolute Gasteiger partial charge is 0.374 e. The molecule has 2 fully saturated rings. The summed E-state index contributed by atoms with van der Waals surface area (Å²) >= 11 is 0. The van der Waals surface area contributed by atoms with Gasteiger partial charge in [-0.05, 0) is 25.8 Å². The molecule has 64 valence electrons. The third-order valence-corrected chi connectivity index (χ3v) is 2.70. The summed E-state index contributed by atoms with van der Waals surface area (Å²) in [6.45, 7) is 2.23. The van der Waals surface area contributed by atoms with Crippen molar-refractivity contribution in [2.45, 2.75) is 44.3 Å². The molecule has 11 heavy (non-hydrogen) atoms. The summed E-state index contributed by atoms with van der Waals surface area (Å²) in [6, 6.07) is 0. The van der Waals surface area contributed by atoms with Crippen LogP contribution < -0.4 is 5.32 Å². The van der Waals surface area contributed by atoms with Crippen molar-refractivity contribution >= 4 is 0 Å². The third-order valence-electron chi connectivity index (χ3n) is 2.70. The third kappa shape index (κ3) is 1.94. The molecule has 1 heterocycles. The Morgan fingerprint density at radius 3 is 2.45 bits per heavy atom.